The zero-order valence-corrected chi connectivity index (χ0v) is 23.4. The minimum Gasteiger partial charge on any atom is -0.481 e. The van der Waals surface area contributed by atoms with Crippen LogP contribution in [0.15, 0.2) is 12.2 Å². The fourth-order valence-electron chi connectivity index (χ4n) is 4.48. The molecule has 35 heavy (non-hydrogen) atoms. The molecule has 1 atom stereocenters. The van der Waals surface area contributed by atoms with Crippen molar-refractivity contribution in [3.8, 4) is 0 Å². The third-order valence-corrected chi connectivity index (χ3v) is 6.74. The van der Waals surface area contributed by atoms with Crippen LogP contribution in [0.1, 0.15) is 168 Å². The number of hydrogen-bond acceptors (Lipinski definition) is 3. The van der Waals surface area contributed by atoms with E-state index in [1.54, 1.807) is 0 Å². The quantitative estimate of drug-likeness (QED) is 0.0701. The van der Waals surface area contributed by atoms with Gasteiger partial charge in [0.15, 0.2) is 0 Å². The molecule has 1 N–H and O–H groups in total. The Labute approximate surface area is 217 Å². The highest BCUT2D eigenvalue weighted by atomic mass is 16.5. The van der Waals surface area contributed by atoms with Gasteiger partial charge in [-0.05, 0) is 57.8 Å². The molecule has 4 heteroatoms. The smallest absolute Gasteiger partial charge is 0.306 e. The molecule has 0 aromatic carbocycles. The van der Waals surface area contributed by atoms with Crippen molar-refractivity contribution >= 4 is 11.9 Å². The maximum atomic E-state index is 12.3. The lowest BCUT2D eigenvalue weighted by atomic mass is 10.0. The molecule has 0 spiro atoms. The van der Waals surface area contributed by atoms with E-state index in [4.69, 9.17) is 9.84 Å². The second-order valence-corrected chi connectivity index (χ2v) is 10.3. The van der Waals surface area contributed by atoms with Gasteiger partial charge in [-0.3, -0.25) is 9.59 Å². The number of unbranched alkanes of at least 4 members (excludes halogenated alkanes) is 16. The highest BCUT2D eigenvalue weighted by molar-refractivity contribution is 5.69. The van der Waals surface area contributed by atoms with Gasteiger partial charge in [-0.25, -0.2) is 0 Å². The summed E-state index contributed by atoms with van der Waals surface area (Å²) in [4.78, 5) is 23.2. The van der Waals surface area contributed by atoms with E-state index in [0.29, 0.717) is 19.3 Å². The van der Waals surface area contributed by atoms with Crippen LogP contribution in [0.2, 0.25) is 0 Å². The molecular weight excluding hydrogens is 436 g/mol. The molecule has 206 valence electrons. The highest BCUT2D eigenvalue weighted by Crippen LogP contribution is 2.17. The molecular formula is C31H58O4. The van der Waals surface area contributed by atoms with Crippen molar-refractivity contribution in [1.82, 2.24) is 0 Å². The van der Waals surface area contributed by atoms with Crippen LogP contribution in [0.3, 0.4) is 0 Å². The van der Waals surface area contributed by atoms with Crippen LogP contribution in [0.4, 0.5) is 0 Å². The summed E-state index contributed by atoms with van der Waals surface area (Å²) in [6.07, 6.45) is 30.7. The summed E-state index contributed by atoms with van der Waals surface area (Å²) < 4.78 is 5.76. The minimum atomic E-state index is -0.773. The number of carboxylic acids is 1. The largest absolute Gasteiger partial charge is 0.481 e. The molecule has 0 heterocycles. The van der Waals surface area contributed by atoms with Crippen LogP contribution in [0.5, 0.6) is 0 Å². The number of carbonyl (C=O) groups excluding carboxylic acids is 1. The van der Waals surface area contributed by atoms with Gasteiger partial charge in [-0.2, -0.15) is 0 Å². The maximum Gasteiger partial charge on any atom is 0.306 e. The lowest BCUT2D eigenvalue weighted by Gasteiger charge is -2.18. The molecule has 4 nitrogen and oxygen atoms in total. The van der Waals surface area contributed by atoms with Crippen molar-refractivity contribution in [1.29, 1.82) is 0 Å². The van der Waals surface area contributed by atoms with Crippen molar-refractivity contribution in [3.63, 3.8) is 0 Å². The van der Waals surface area contributed by atoms with Crippen molar-refractivity contribution in [2.24, 2.45) is 0 Å². The average molecular weight is 495 g/mol. The molecule has 0 radical (unpaired) electrons. The number of carboxylic acid groups (broad SMARTS) is 1. The fourth-order valence-corrected chi connectivity index (χ4v) is 4.48. The normalized spacial score (nSPS) is 12.3. The molecule has 0 saturated carbocycles. The van der Waals surface area contributed by atoms with Crippen molar-refractivity contribution in [3.05, 3.63) is 12.2 Å². The third-order valence-electron chi connectivity index (χ3n) is 6.74. The standard InChI is InChI=1S/C31H58O4/c1-3-5-7-9-11-13-14-15-16-17-19-21-23-28-31(34)35-29(26-24-27-30(32)33)25-22-20-18-12-10-8-6-4-2/h13-14,29H,3-12,15-28H2,1-2H3,(H,32,33)/b14-13-. The molecule has 0 aromatic heterocycles. The Hall–Kier alpha value is -1.32. The summed E-state index contributed by atoms with van der Waals surface area (Å²) in [6, 6.07) is 0. The van der Waals surface area contributed by atoms with E-state index in [1.807, 2.05) is 0 Å². The Morgan fingerprint density at radius 1 is 0.600 bits per heavy atom. The minimum absolute atomic E-state index is 0.101. The summed E-state index contributed by atoms with van der Waals surface area (Å²) in [5.41, 5.74) is 0. The number of hydrogen-bond donors (Lipinski definition) is 1. The molecule has 0 amide bonds. The van der Waals surface area contributed by atoms with Gasteiger partial charge in [0.05, 0.1) is 0 Å². The molecule has 0 aliphatic carbocycles. The third kappa shape index (κ3) is 27.1. The number of aliphatic carboxylic acids is 1. The van der Waals surface area contributed by atoms with Gasteiger partial charge in [0, 0.05) is 12.8 Å². The van der Waals surface area contributed by atoms with Gasteiger partial charge in [0.25, 0.3) is 0 Å². The molecule has 0 rings (SSSR count). The van der Waals surface area contributed by atoms with Gasteiger partial charge >= 0.3 is 11.9 Å². The fraction of sp³-hybridized carbons (Fsp3) is 0.871. The topological polar surface area (TPSA) is 63.6 Å². The van der Waals surface area contributed by atoms with E-state index in [-0.39, 0.29) is 18.5 Å². The molecule has 0 fully saturated rings. The molecule has 0 aliphatic heterocycles. The van der Waals surface area contributed by atoms with Crippen LogP contribution in [-0.4, -0.2) is 23.1 Å². The van der Waals surface area contributed by atoms with Gasteiger partial charge in [-0.1, -0.05) is 109 Å². The van der Waals surface area contributed by atoms with Crippen molar-refractivity contribution in [2.45, 2.75) is 174 Å². The summed E-state index contributed by atoms with van der Waals surface area (Å²) in [6.45, 7) is 4.49. The second-order valence-electron chi connectivity index (χ2n) is 10.3. The monoisotopic (exact) mass is 494 g/mol. The van der Waals surface area contributed by atoms with Crippen LogP contribution < -0.4 is 0 Å². The van der Waals surface area contributed by atoms with E-state index in [0.717, 1.165) is 25.7 Å². The Balaban J connectivity index is 3.87. The van der Waals surface area contributed by atoms with Crippen LogP contribution >= 0.6 is 0 Å². The highest BCUT2D eigenvalue weighted by Gasteiger charge is 2.15. The van der Waals surface area contributed by atoms with E-state index in [9.17, 15) is 9.59 Å². The van der Waals surface area contributed by atoms with Crippen LogP contribution in [0.25, 0.3) is 0 Å². The van der Waals surface area contributed by atoms with E-state index < -0.39 is 5.97 Å². The first kappa shape index (κ1) is 33.7. The zero-order chi connectivity index (χ0) is 25.8. The predicted octanol–water partition coefficient (Wildman–Crippen LogP) is 9.94. The Morgan fingerprint density at radius 3 is 1.63 bits per heavy atom. The molecule has 0 aromatic rings. The lowest BCUT2D eigenvalue weighted by molar-refractivity contribution is -0.150. The second kappa shape index (κ2) is 27.3. The van der Waals surface area contributed by atoms with E-state index in [1.165, 1.54) is 103 Å². The lowest BCUT2D eigenvalue weighted by Crippen LogP contribution is -2.18. The first-order chi connectivity index (χ1) is 17.1. The van der Waals surface area contributed by atoms with Crippen LogP contribution in [-0.2, 0) is 14.3 Å². The maximum absolute atomic E-state index is 12.3. The summed E-state index contributed by atoms with van der Waals surface area (Å²) in [5, 5.41) is 8.92. The Morgan fingerprint density at radius 2 is 1.06 bits per heavy atom. The SMILES string of the molecule is CCCCCC/C=C\CCCCCCCC(=O)OC(CCCCCCCCCC)CCCC(=O)O. The number of ether oxygens (including phenoxy) is 1. The summed E-state index contributed by atoms with van der Waals surface area (Å²) in [7, 11) is 0. The van der Waals surface area contributed by atoms with Gasteiger partial charge < -0.3 is 9.84 Å². The first-order valence-electron chi connectivity index (χ1n) is 15.2. The summed E-state index contributed by atoms with van der Waals surface area (Å²) >= 11 is 0. The number of allylic oxidation sites excluding steroid dienone is 2. The number of esters is 1. The number of rotatable bonds is 27. The molecule has 1 unspecified atom stereocenters. The van der Waals surface area contributed by atoms with E-state index >= 15 is 0 Å². The molecule has 0 bridgehead atoms. The first-order valence-corrected chi connectivity index (χ1v) is 15.2. The predicted molar refractivity (Wildman–Crippen MR) is 149 cm³/mol. The van der Waals surface area contributed by atoms with Gasteiger partial charge in [-0.15, -0.1) is 0 Å². The van der Waals surface area contributed by atoms with Gasteiger partial charge in [0.2, 0.25) is 0 Å². The Bertz CT molecular complexity index is 500. The van der Waals surface area contributed by atoms with Gasteiger partial charge in [0.1, 0.15) is 6.10 Å². The van der Waals surface area contributed by atoms with Crippen molar-refractivity contribution in [2.75, 3.05) is 0 Å². The molecule has 0 saturated heterocycles. The van der Waals surface area contributed by atoms with Crippen LogP contribution in [0, 0.1) is 0 Å². The van der Waals surface area contributed by atoms with Crippen molar-refractivity contribution < 1.29 is 19.4 Å². The Kier molecular flexibility index (Phi) is 26.2. The average Bonchev–Trinajstić information content (AvgIpc) is 2.83. The molecule has 0 aliphatic rings. The zero-order valence-electron chi connectivity index (χ0n) is 23.4. The summed E-state index contributed by atoms with van der Waals surface area (Å²) in [5.74, 6) is -0.875. The number of carbonyl (C=O) groups is 2. The van der Waals surface area contributed by atoms with E-state index in [2.05, 4.69) is 26.0 Å².